The van der Waals surface area contributed by atoms with Crippen molar-refractivity contribution >= 4 is 32.9 Å². The summed E-state index contributed by atoms with van der Waals surface area (Å²) in [5.41, 5.74) is 2.04. The van der Waals surface area contributed by atoms with Gasteiger partial charge in [-0.3, -0.25) is 0 Å². The molecular formula is C14H14BO2S2. The van der Waals surface area contributed by atoms with E-state index in [1.165, 1.54) is 7.69 Å². The average Bonchev–Trinajstić information content (AvgIpc) is 2.48. The first kappa shape index (κ1) is 14.2. The molecule has 2 rings (SSSR count). The molecule has 1 radical (unpaired) electrons. The maximum atomic E-state index is 5.51. The van der Waals surface area contributed by atoms with Gasteiger partial charge in [0.05, 0.1) is 0 Å². The lowest BCUT2D eigenvalue weighted by atomic mass is 10.2. The number of hydrogen-bond acceptors (Lipinski definition) is 4. The maximum Gasteiger partial charge on any atom is 0.658 e. The van der Waals surface area contributed by atoms with Gasteiger partial charge < -0.3 is 9.31 Å². The van der Waals surface area contributed by atoms with Crippen LogP contribution >= 0.6 is 25.3 Å². The van der Waals surface area contributed by atoms with Gasteiger partial charge in [0.25, 0.3) is 0 Å². The van der Waals surface area contributed by atoms with Crippen molar-refractivity contribution in [3.63, 3.8) is 0 Å². The zero-order chi connectivity index (χ0) is 13.5. The van der Waals surface area contributed by atoms with E-state index in [0.29, 0.717) is 11.5 Å². The Balaban J connectivity index is 1.96. The van der Waals surface area contributed by atoms with Crippen LogP contribution in [0.2, 0.25) is 0 Å². The third-order valence-corrected chi connectivity index (χ3v) is 3.32. The van der Waals surface area contributed by atoms with Crippen LogP contribution in [0.4, 0.5) is 0 Å². The van der Waals surface area contributed by atoms with Gasteiger partial charge >= 0.3 is 7.69 Å². The first-order valence-electron chi connectivity index (χ1n) is 5.87. The smallest absolute Gasteiger partial charge is 0.526 e. The van der Waals surface area contributed by atoms with Crippen molar-refractivity contribution in [3.05, 3.63) is 59.7 Å². The second-order valence-electron chi connectivity index (χ2n) is 3.86. The minimum atomic E-state index is 0.622. The second kappa shape index (κ2) is 7.41. The van der Waals surface area contributed by atoms with Crippen LogP contribution < -0.4 is 9.31 Å². The summed E-state index contributed by atoms with van der Waals surface area (Å²) in [6.07, 6.45) is 0. The Labute approximate surface area is 125 Å². The van der Waals surface area contributed by atoms with Crippen LogP contribution in [0, 0.1) is 0 Å². The molecule has 0 saturated carbocycles. The molecule has 2 aromatic carbocycles. The van der Waals surface area contributed by atoms with Gasteiger partial charge in [-0.05, 0) is 12.1 Å². The normalized spacial score (nSPS) is 10.0. The Bertz CT molecular complexity index is 487. The third-order valence-electron chi connectivity index (χ3n) is 2.64. The molecule has 0 amide bonds. The molecule has 0 spiro atoms. The molecule has 2 aromatic rings. The van der Waals surface area contributed by atoms with Crippen LogP contribution in [0.5, 0.6) is 11.5 Å². The number of rotatable bonds is 6. The summed E-state index contributed by atoms with van der Waals surface area (Å²) in [6, 6.07) is 15.4. The third kappa shape index (κ3) is 3.88. The number of thiol groups is 2. The molecule has 0 unspecified atom stereocenters. The van der Waals surface area contributed by atoms with E-state index in [9.17, 15) is 0 Å². The maximum absolute atomic E-state index is 5.51. The fourth-order valence-electron chi connectivity index (χ4n) is 1.63. The highest BCUT2D eigenvalue weighted by atomic mass is 32.1. The van der Waals surface area contributed by atoms with Gasteiger partial charge in [0.2, 0.25) is 0 Å². The summed E-state index contributed by atoms with van der Waals surface area (Å²) in [6.45, 7) is 0. The van der Waals surface area contributed by atoms with Gasteiger partial charge in [-0.15, -0.1) is 0 Å². The van der Waals surface area contributed by atoms with E-state index in [2.05, 4.69) is 25.3 Å². The van der Waals surface area contributed by atoms with Crippen LogP contribution in [-0.4, -0.2) is 7.69 Å². The van der Waals surface area contributed by atoms with E-state index >= 15 is 0 Å². The molecule has 0 aromatic heterocycles. The van der Waals surface area contributed by atoms with E-state index in [1.807, 2.05) is 48.5 Å². The van der Waals surface area contributed by atoms with E-state index < -0.39 is 0 Å². The van der Waals surface area contributed by atoms with E-state index in [-0.39, 0.29) is 0 Å². The molecule has 0 aliphatic rings. The number of benzene rings is 2. The summed E-state index contributed by atoms with van der Waals surface area (Å²) >= 11 is 8.52. The molecular weight excluding hydrogens is 275 g/mol. The molecule has 2 nitrogen and oxygen atoms in total. The summed E-state index contributed by atoms with van der Waals surface area (Å²) < 4.78 is 11.0. The zero-order valence-corrected chi connectivity index (χ0v) is 12.1. The molecule has 0 N–H and O–H groups in total. The van der Waals surface area contributed by atoms with Crippen LogP contribution in [-0.2, 0) is 11.5 Å². The number of hydrogen-bond donors (Lipinski definition) is 2. The Hall–Kier alpha value is -1.20. The fraction of sp³-hybridized carbons (Fsp3) is 0.143. The zero-order valence-electron chi connectivity index (χ0n) is 10.3. The molecule has 0 heterocycles. The standard InChI is InChI=1S/C14H14BO2S2/c18-9-11-5-1-3-7-13(11)16-15-17-14-8-4-2-6-12(14)10-19/h1-8,18-19H,9-10H2. The van der Waals surface area contributed by atoms with Crippen LogP contribution in [0.15, 0.2) is 48.5 Å². The molecule has 0 fully saturated rings. The average molecular weight is 289 g/mol. The Morgan fingerprint density at radius 3 is 1.58 bits per heavy atom. The topological polar surface area (TPSA) is 18.5 Å². The number of para-hydroxylation sites is 2. The lowest BCUT2D eigenvalue weighted by Crippen LogP contribution is -2.12. The molecule has 5 heteroatoms. The van der Waals surface area contributed by atoms with Gasteiger partial charge in [-0.2, -0.15) is 25.3 Å². The molecule has 0 bridgehead atoms. The first-order chi connectivity index (χ1) is 9.35. The molecule has 0 aliphatic heterocycles. The van der Waals surface area contributed by atoms with Gasteiger partial charge in [-0.25, -0.2) is 0 Å². The highest BCUT2D eigenvalue weighted by Crippen LogP contribution is 2.21. The molecule has 0 saturated heterocycles. The molecule has 0 aliphatic carbocycles. The van der Waals surface area contributed by atoms with E-state index in [0.717, 1.165) is 22.6 Å². The van der Waals surface area contributed by atoms with Crippen molar-refractivity contribution in [2.45, 2.75) is 11.5 Å². The monoisotopic (exact) mass is 289 g/mol. The van der Waals surface area contributed by atoms with Crippen molar-refractivity contribution in [2.24, 2.45) is 0 Å². The minimum absolute atomic E-state index is 0.622. The highest BCUT2D eigenvalue weighted by Gasteiger charge is 2.07. The van der Waals surface area contributed by atoms with Crippen LogP contribution in [0.25, 0.3) is 0 Å². The summed E-state index contributed by atoms with van der Waals surface area (Å²) in [5, 5.41) is 0. The highest BCUT2D eigenvalue weighted by molar-refractivity contribution is 7.79. The van der Waals surface area contributed by atoms with Gasteiger partial charge in [-0.1, -0.05) is 36.4 Å². The lowest BCUT2D eigenvalue weighted by Gasteiger charge is -2.11. The summed E-state index contributed by atoms with van der Waals surface area (Å²) in [5.74, 6) is 2.75. The second-order valence-corrected chi connectivity index (χ2v) is 4.50. The van der Waals surface area contributed by atoms with Gasteiger partial charge in [0, 0.05) is 22.6 Å². The Morgan fingerprint density at radius 1 is 0.737 bits per heavy atom. The van der Waals surface area contributed by atoms with E-state index in [1.54, 1.807) is 0 Å². The quantitative estimate of drug-likeness (QED) is 0.626. The summed E-state index contributed by atoms with van der Waals surface area (Å²) in [7, 11) is 1.34. The fourth-order valence-corrected chi connectivity index (χ4v) is 2.15. The Morgan fingerprint density at radius 2 is 1.16 bits per heavy atom. The molecule has 19 heavy (non-hydrogen) atoms. The van der Waals surface area contributed by atoms with Crippen LogP contribution in [0.1, 0.15) is 11.1 Å². The van der Waals surface area contributed by atoms with Gasteiger partial charge in [0.1, 0.15) is 11.5 Å². The van der Waals surface area contributed by atoms with Crippen molar-refractivity contribution in [3.8, 4) is 11.5 Å². The predicted molar refractivity (Wildman–Crippen MR) is 85.3 cm³/mol. The van der Waals surface area contributed by atoms with Crippen molar-refractivity contribution < 1.29 is 9.31 Å². The predicted octanol–water partition coefficient (Wildman–Crippen LogP) is 3.54. The van der Waals surface area contributed by atoms with Crippen molar-refractivity contribution in [2.75, 3.05) is 0 Å². The Kier molecular flexibility index (Phi) is 5.54. The van der Waals surface area contributed by atoms with Crippen LogP contribution in [0.3, 0.4) is 0 Å². The van der Waals surface area contributed by atoms with Gasteiger partial charge in [0.15, 0.2) is 0 Å². The van der Waals surface area contributed by atoms with E-state index in [4.69, 9.17) is 9.31 Å². The summed E-state index contributed by atoms with van der Waals surface area (Å²) in [4.78, 5) is 0. The lowest BCUT2D eigenvalue weighted by molar-refractivity contribution is 0.455. The molecule has 0 atom stereocenters. The van der Waals surface area contributed by atoms with Crippen molar-refractivity contribution in [1.82, 2.24) is 0 Å². The van der Waals surface area contributed by atoms with Crippen molar-refractivity contribution in [1.29, 1.82) is 0 Å². The molecule has 97 valence electrons. The largest absolute Gasteiger partial charge is 0.658 e. The first-order valence-corrected chi connectivity index (χ1v) is 7.14. The SMILES string of the molecule is SCc1ccccc1O[B]Oc1ccccc1CS. The minimum Gasteiger partial charge on any atom is -0.526 e.